The Morgan fingerprint density at radius 1 is 1.24 bits per heavy atom. The zero-order chi connectivity index (χ0) is 24.5. The summed E-state index contributed by atoms with van der Waals surface area (Å²) in [6.45, 7) is 12.9. The molecule has 2 aliphatic rings. The maximum atomic E-state index is 13.9. The largest absolute Gasteiger partial charge is 0.375 e. The van der Waals surface area contributed by atoms with Gasteiger partial charge >= 0.3 is 0 Å². The highest BCUT2D eigenvalue weighted by atomic mass is 32.2. The zero-order valence-electron chi connectivity index (χ0n) is 21.1. The Morgan fingerprint density at radius 2 is 1.88 bits per heavy atom. The summed E-state index contributed by atoms with van der Waals surface area (Å²) in [6.07, 6.45) is 2.88. The van der Waals surface area contributed by atoms with Crippen molar-refractivity contribution in [1.29, 1.82) is 0 Å². The quantitative estimate of drug-likeness (QED) is 0.596. The first-order chi connectivity index (χ1) is 15.5. The summed E-state index contributed by atoms with van der Waals surface area (Å²) in [7, 11) is -2.09. The van der Waals surface area contributed by atoms with Crippen LogP contribution in [0.25, 0.3) is 0 Å². The molecule has 3 rings (SSSR count). The third kappa shape index (κ3) is 5.35. The van der Waals surface area contributed by atoms with E-state index in [9.17, 15) is 13.2 Å². The van der Waals surface area contributed by atoms with Crippen LogP contribution in [0.15, 0.2) is 17.0 Å². The Morgan fingerprint density at radius 3 is 2.45 bits per heavy atom. The summed E-state index contributed by atoms with van der Waals surface area (Å²) in [5.41, 5.74) is 0.764. The van der Waals surface area contributed by atoms with Crippen LogP contribution < -0.4 is 4.90 Å². The fraction of sp³-hybridized carbons (Fsp3) is 0.750. The molecule has 0 saturated carbocycles. The Balaban J connectivity index is 1.92. The molecule has 33 heavy (non-hydrogen) atoms. The SMILES string of the molecule is CCN(c1nc(C)ccc1S(=O)(=O)N1CCC[C@H]1C(=O)N(C)C1CC(C)OC(C)C1)C(C)C. The van der Waals surface area contributed by atoms with Gasteiger partial charge in [0.25, 0.3) is 0 Å². The molecule has 2 unspecified atom stereocenters. The second-order valence-corrected chi connectivity index (χ2v) is 11.6. The average Bonchev–Trinajstić information content (AvgIpc) is 3.23. The van der Waals surface area contributed by atoms with E-state index in [4.69, 9.17) is 4.74 Å². The second-order valence-electron chi connectivity index (χ2n) is 9.76. The predicted molar refractivity (Wildman–Crippen MR) is 130 cm³/mol. The average molecular weight is 481 g/mol. The van der Waals surface area contributed by atoms with E-state index in [1.165, 1.54) is 4.31 Å². The first-order valence-electron chi connectivity index (χ1n) is 12.2. The minimum absolute atomic E-state index is 0.0505. The van der Waals surface area contributed by atoms with Crippen molar-refractivity contribution in [2.24, 2.45) is 0 Å². The number of nitrogens with zero attached hydrogens (tertiary/aromatic N) is 4. The molecule has 0 N–H and O–H groups in total. The van der Waals surface area contributed by atoms with Crippen molar-refractivity contribution in [2.75, 3.05) is 25.0 Å². The van der Waals surface area contributed by atoms with Gasteiger partial charge in [-0.2, -0.15) is 4.31 Å². The number of pyridine rings is 1. The number of carbonyl (C=O) groups excluding carboxylic acids is 1. The topological polar surface area (TPSA) is 83.1 Å². The van der Waals surface area contributed by atoms with Gasteiger partial charge < -0.3 is 14.5 Å². The molecule has 1 aromatic heterocycles. The van der Waals surface area contributed by atoms with Crippen LogP contribution in [0.4, 0.5) is 5.82 Å². The summed E-state index contributed by atoms with van der Waals surface area (Å²) in [6, 6.07) is 2.84. The number of hydrogen-bond acceptors (Lipinski definition) is 6. The summed E-state index contributed by atoms with van der Waals surface area (Å²) in [5.74, 6) is 0.339. The van der Waals surface area contributed by atoms with E-state index in [1.807, 2.05) is 46.4 Å². The second kappa shape index (κ2) is 10.3. The van der Waals surface area contributed by atoms with Crippen LogP contribution in [0.3, 0.4) is 0 Å². The van der Waals surface area contributed by atoms with E-state index in [2.05, 4.69) is 4.98 Å². The molecule has 2 aliphatic heterocycles. The smallest absolute Gasteiger partial charge is 0.247 e. The van der Waals surface area contributed by atoms with Gasteiger partial charge in [-0.3, -0.25) is 4.79 Å². The van der Waals surface area contributed by atoms with Gasteiger partial charge in [0.1, 0.15) is 16.8 Å². The van der Waals surface area contributed by atoms with Crippen LogP contribution in [0.5, 0.6) is 0 Å². The molecule has 0 bridgehead atoms. The van der Waals surface area contributed by atoms with E-state index >= 15 is 0 Å². The minimum atomic E-state index is -3.90. The molecule has 2 saturated heterocycles. The number of amides is 1. The number of aryl methyl sites for hydroxylation is 1. The van der Waals surface area contributed by atoms with Crippen LogP contribution >= 0.6 is 0 Å². The first-order valence-corrected chi connectivity index (χ1v) is 13.6. The Labute approximate surface area is 199 Å². The van der Waals surface area contributed by atoms with Crippen molar-refractivity contribution in [3.05, 3.63) is 17.8 Å². The fourth-order valence-corrected chi connectivity index (χ4v) is 6.99. The van der Waals surface area contributed by atoms with Crippen molar-refractivity contribution >= 4 is 21.7 Å². The molecule has 186 valence electrons. The molecule has 1 aromatic rings. The number of sulfonamides is 1. The zero-order valence-corrected chi connectivity index (χ0v) is 21.9. The monoisotopic (exact) mass is 480 g/mol. The number of ether oxygens (including phenoxy) is 1. The lowest BCUT2D eigenvalue weighted by Crippen LogP contribution is -2.52. The molecule has 3 atom stereocenters. The molecule has 0 spiro atoms. The number of carbonyl (C=O) groups is 1. The van der Waals surface area contributed by atoms with Crippen molar-refractivity contribution in [1.82, 2.24) is 14.2 Å². The van der Waals surface area contributed by atoms with Crippen LogP contribution in [0.1, 0.15) is 66.0 Å². The van der Waals surface area contributed by atoms with E-state index in [0.29, 0.717) is 31.7 Å². The first kappa shape index (κ1) is 25.9. The van der Waals surface area contributed by atoms with E-state index < -0.39 is 16.1 Å². The fourth-order valence-electron chi connectivity index (χ4n) is 5.20. The highest BCUT2D eigenvalue weighted by molar-refractivity contribution is 7.89. The standard InChI is InChI=1S/C24H40N4O4S/c1-8-27(16(2)3)23-22(12-11-17(4)25-23)33(30,31)28-13-9-10-21(28)24(29)26(7)20-14-18(5)32-19(6)15-20/h11-12,16,18-21H,8-10,13-15H2,1-7H3/t18?,19?,20?,21-/m0/s1. The Hall–Kier alpha value is -1.71. The lowest BCUT2D eigenvalue weighted by atomic mass is 9.98. The van der Waals surface area contributed by atoms with Gasteiger partial charge in [0.2, 0.25) is 15.9 Å². The number of aromatic nitrogens is 1. The summed E-state index contributed by atoms with van der Waals surface area (Å²) >= 11 is 0. The number of anilines is 1. The van der Waals surface area contributed by atoms with Crippen LogP contribution in [0, 0.1) is 6.92 Å². The van der Waals surface area contributed by atoms with Gasteiger partial charge in [-0.05, 0) is 79.4 Å². The number of likely N-dealkylation sites (N-methyl/N-ethyl adjacent to an activating group) is 1. The van der Waals surface area contributed by atoms with Gasteiger partial charge in [0, 0.05) is 37.9 Å². The third-order valence-electron chi connectivity index (χ3n) is 6.86. The summed E-state index contributed by atoms with van der Waals surface area (Å²) in [4.78, 5) is 22.1. The molecule has 3 heterocycles. The normalized spacial score (nSPS) is 26.5. The lowest BCUT2D eigenvalue weighted by Gasteiger charge is -2.39. The molecule has 2 fully saturated rings. The summed E-state index contributed by atoms with van der Waals surface area (Å²) < 4.78 is 35.0. The summed E-state index contributed by atoms with van der Waals surface area (Å²) in [5, 5.41) is 0. The van der Waals surface area contributed by atoms with Crippen molar-refractivity contribution in [3.8, 4) is 0 Å². The maximum Gasteiger partial charge on any atom is 0.247 e. The molecule has 0 aromatic carbocycles. The highest BCUT2D eigenvalue weighted by Gasteiger charge is 2.43. The van der Waals surface area contributed by atoms with Crippen molar-refractivity contribution in [2.45, 2.75) is 102 Å². The van der Waals surface area contributed by atoms with Crippen molar-refractivity contribution in [3.63, 3.8) is 0 Å². The molecule has 0 aliphatic carbocycles. The Kier molecular flexibility index (Phi) is 8.07. The van der Waals surface area contributed by atoms with Gasteiger partial charge in [-0.15, -0.1) is 0 Å². The highest BCUT2D eigenvalue weighted by Crippen LogP contribution is 2.33. The molecule has 8 nitrogen and oxygen atoms in total. The van der Waals surface area contributed by atoms with Crippen molar-refractivity contribution < 1.29 is 17.9 Å². The van der Waals surface area contributed by atoms with E-state index in [-0.39, 0.29) is 35.1 Å². The van der Waals surface area contributed by atoms with E-state index in [0.717, 1.165) is 18.5 Å². The van der Waals surface area contributed by atoms with Crippen LogP contribution in [0.2, 0.25) is 0 Å². The molecule has 9 heteroatoms. The Bertz CT molecular complexity index is 942. The van der Waals surface area contributed by atoms with Gasteiger partial charge in [-0.25, -0.2) is 13.4 Å². The number of rotatable bonds is 7. The van der Waals surface area contributed by atoms with Gasteiger partial charge in [-0.1, -0.05) is 0 Å². The molecule has 0 radical (unpaired) electrons. The van der Waals surface area contributed by atoms with E-state index in [1.54, 1.807) is 24.1 Å². The predicted octanol–water partition coefficient (Wildman–Crippen LogP) is 3.19. The number of hydrogen-bond donors (Lipinski definition) is 0. The van der Waals surface area contributed by atoms with Crippen LogP contribution in [-0.2, 0) is 19.6 Å². The molecular weight excluding hydrogens is 440 g/mol. The lowest BCUT2D eigenvalue weighted by molar-refractivity contribution is -0.140. The molecular formula is C24H40N4O4S. The minimum Gasteiger partial charge on any atom is -0.375 e. The van der Waals surface area contributed by atoms with Gasteiger partial charge in [0.15, 0.2) is 0 Å². The van der Waals surface area contributed by atoms with Crippen LogP contribution in [-0.4, -0.2) is 79.0 Å². The molecule has 1 amide bonds. The van der Waals surface area contributed by atoms with Gasteiger partial charge in [0.05, 0.1) is 12.2 Å². The third-order valence-corrected chi connectivity index (χ3v) is 8.79. The maximum absolute atomic E-state index is 13.9.